The van der Waals surface area contributed by atoms with Crippen molar-refractivity contribution in [3.8, 4) is 5.75 Å². The van der Waals surface area contributed by atoms with E-state index in [-0.39, 0.29) is 11.7 Å². The van der Waals surface area contributed by atoms with E-state index in [2.05, 4.69) is 17.0 Å². The van der Waals surface area contributed by atoms with Crippen molar-refractivity contribution in [2.45, 2.75) is 19.6 Å². The molecule has 0 N–H and O–H groups in total. The maximum atomic E-state index is 13.3. The minimum absolute atomic E-state index is 0.144. The lowest BCUT2D eigenvalue weighted by atomic mass is 10.2. The number of hydrogen-bond donors (Lipinski definition) is 0. The number of hydrogen-bond acceptors (Lipinski definition) is 3. The molecule has 2 aromatic carbocycles. The van der Waals surface area contributed by atoms with Gasteiger partial charge in [0.1, 0.15) is 5.75 Å². The first kappa shape index (κ1) is 18.3. The van der Waals surface area contributed by atoms with Crippen LogP contribution in [0.25, 0.3) is 0 Å². The fraction of sp³-hybridized carbons (Fsp3) is 0.350. The monoisotopic (exact) mass is 360 g/mol. The molecule has 2 aromatic rings. The summed E-state index contributed by atoms with van der Waals surface area (Å²) in [7, 11) is 0. The average molecular weight is 360 g/mol. The Labute approximate surface area is 152 Å². The highest BCUT2D eigenvalue weighted by molar-refractivity contribution is 5.81. The Bertz CT molecular complexity index is 747. The van der Waals surface area contributed by atoms with Gasteiger partial charge in [-0.1, -0.05) is 30.3 Å². The molecule has 0 bridgehead atoms. The van der Waals surface area contributed by atoms with Gasteiger partial charge in [0, 0.05) is 38.8 Å². The number of carbonyl (C=O) groups is 1. The van der Waals surface area contributed by atoms with E-state index in [1.165, 1.54) is 11.6 Å². The van der Waals surface area contributed by atoms with Gasteiger partial charge in [0.15, 0.2) is 17.7 Å². The lowest BCUT2D eigenvalue weighted by Crippen LogP contribution is -2.51. The molecular weight excluding hydrogens is 338 g/mol. The number of carbonyl (C=O) groups excluding carboxylic acids is 1. The summed E-state index contributed by atoms with van der Waals surface area (Å²) in [5.41, 5.74) is 1.25. The van der Waals surface area contributed by atoms with Gasteiger partial charge in [-0.3, -0.25) is 9.69 Å². The summed E-state index contributed by atoms with van der Waals surface area (Å²) >= 11 is 0. The summed E-state index contributed by atoms with van der Waals surface area (Å²) in [4.78, 5) is 16.6. The fourth-order valence-electron chi connectivity index (χ4n) is 3.03. The second-order valence-corrected chi connectivity index (χ2v) is 6.42. The van der Waals surface area contributed by atoms with Crippen LogP contribution in [0, 0.1) is 11.6 Å². The van der Waals surface area contributed by atoms with Crippen LogP contribution in [-0.2, 0) is 11.3 Å². The van der Waals surface area contributed by atoms with Gasteiger partial charge in [0.25, 0.3) is 5.91 Å². The molecule has 3 rings (SSSR count). The van der Waals surface area contributed by atoms with Crippen molar-refractivity contribution in [1.29, 1.82) is 0 Å². The van der Waals surface area contributed by atoms with Crippen LogP contribution in [0.4, 0.5) is 8.78 Å². The number of amides is 1. The highest BCUT2D eigenvalue weighted by Crippen LogP contribution is 2.18. The SMILES string of the molecule is CC(Oc1ccc(F)c(F)c1)C(=O)N1CCN(Cc2ccccc2)CC1. The number of rotatable bonds is 5. The molecule has 26 heavy (non-hydrogen) atoms. The normalized spacial score (nSPS) is 16.3. The van der Waals surface area contributed by atoms with Crippen molar-refractivity contribution < 1.29 is 18.3 Å². The van der Waals surface area contributed by atoms with Crippen LogP contribution in [0.5, 0.6) is 5.75 Å². The van der Waals surface area contributed by atoms with E-state index >= 15 is 0 Å². The Morgan fingerprint density at radius 3 is 2.38 bits per heavy atom. The number of piperazine rings is 1. The molecule has 6 heteroatoms. The average Bonchev–Trinajstić information content (AvgIpc) is 2.65. The van der Waals surface area contributed by atoms with Gasteiger partial charge in [-0.25, -0.2) is 8.78 Å². The van der Waals surface area contributed by atoms with Gasteiger partial charge < -0.3 is 9.64 Å². The zero-order valence-electron chi connectivity index (χ0n) is 14.7. The van der Waals surface area contributed by atoms with E-state index < -0.39 is 17.7 Å². The third-order valence-corrected chi connectivity index (χ3v) is 4.48. The number of nitrogens with zero attached hydrogens (tertiary/aromatic N) is 2. The summed E-state index contributed by atoms with van der Waals surface area (Å²) in [6.07, 6.45) is -0.750. The fourth-order valence-corrected chi connectivity index (χ4v) is 3.03. The molecule has 1 unspecified atom stereocenters. The molecule has 1 aliphatic rings. The topological polar surface area (TPSA) is 32.8 Å². The third kappa shape index (κ3) is 4.58. The van der Waals surface area contributed by atoms with Gasteiger partial charge in [-0.05, 0) is 24.6 Å². The highest BCUT2D eigenvalue weighted by atomic mass is 19.2. The summed E-state index contributed by atoms with van der Waals surface area (Å²) in [6.45, 7) is 5.31. The molecule has 0 saturated carbocycles. The zero-order chi connectivity index (χ0) is 18.5. The molecule has 138 valence electrons. The first-order valence-corrected chi connectivity index (χ1v) is 8.69. The van der Waals surface area contributed by atoms with Crippen LogP contribution in [-0.4, -0.2) is 48.0 Å². The number of benzene rings is 2. The van der Waals surface area contributed by atoms with Gasteiger partial charge in [-0.15, -0.1) is 0 Å². The van der Waals surface area contributed by atoms with Crippen LogP contribution < -0.4 is 4.74 Å². The van der Waals surface area contributed by atoms with Gasteiger partial charge >= 0.3 is 0 Å². The molecule has 1 aliphatic heterocycles. The van der Waals surface area contributed by atoms with Crippen LogP contribution in [0.1, 0.15) is 12.5 Å². The van der Waals surface area contributed by atoms with E-state index in [1.54, 1.807) is 11.8 Å². The highest BCUT2D eigenvalue weighted by Gasteiger charge is 2.26. The summed E-state index contributed by atoms with van der Waals surface area (Å²) in [6, 6.07) is 13.5. The largest absolute Gasteiger partial charge is 0.481 e. The first-order valence-electron chi connectivity index (χ1n) is 8.69. The lowest BCUT2D eigenvalue weighted by molar-refractivity contribution is -0.139. The van der Waals surface area contributed by atoms with E-state index in [9.17, 15) is 13.6 Å². The Morgan fingerprint density at radius 1 is 1.04 bits per heavy atom. The molecule has 1 atom stereocenters. The molecule has 0 radical (unpaired) electrons. The number of halogens is 2. The standard InChI is InChI=1S/C20H22F2N2O2/c1-15(26-17-7-8-18(21)19(22)13-17)20(25)24-11-9-23(10-12-24)14-16-5-3-2-4-6-16/h2-8,13,15H,9-12,14H2,1H3. The molecule has 1 saturated heterocycles. The van der Waals surface area contributed by atoms with Crippen LogP contribution in [0.15, 0.2) is 48.5 Å². The smallest absolute Gasteiger partial charge is 0.263 e. The molecule has 0 spiro atoms. The Balaban J connectivity index is 1.50. The third-order valence-electron chi connectivity index (χ3n) is 4.48. The van der Waals surface area contributed by atoms with Gasteiger partial charge in [0.2, 0.25) is 0 Å². The van der Waals surface area contributed by atoms with Crippen LogP contribution in [0.3, 0.4) is 0 Å². The van der Waals surface area contributed by atoms with Crippen molar-refractivity contribution in [2.75, 3.05) is 26.2 Å². The van der Waals surface area contributed by atoms with Crippen molar-refractivity contribution in [2.24, 2.45) is 0 Å². The van der Waals surface area contributed by atoms with E-state index in [0.717, 1.165) is 31.8 Å². The second kappa shape index (κ2) is 8.27. The molecule has 0 aliphatic carbocycles. The molecular formula is C20H22F2N2O2. The molecule has 1 fully saturated rings. The summed E-state index contributed by atoms with van der Waals surface area (Å²) in [5.74, 6) is -1.93. The maximum Gasteiger partial charge on any atom is 0.263 e. The Kier molecular flexibility index (Phi) is 5.83. The molecule has 1 heterocycles. The van der Waals surface area contributed by atoms with Crippen molar-refractivity contribution >= 4 is 5.91 Å². The predicted molar refractivity (Wildman–Crippen MR) is 94.7 cm³/mol. The molecule has 0 aromatic heterocycles. The quantitative estimate of drug-likeness (QED) is 0.822. The second-order valence-electron chi connectivity index (χ2n) is 6.42. The lowest BCUT2D eigenvalue weighted by Gasteiger charge is -2.35. The van der Waals surface area contributed by atoms with E-state index in [1.807, 2.05) is 18.2 Å². The first-order chi connectivity index (χ1) is 12.5. The molecule has 1 amide bonds. The van der Waals surface area contributed by atoms with Crippen molar-refractivity contribution in [3.05, 3.63) is 65.7 Å². The minimum Gasteiger partial charge on any atom is -0.481 e. The Morgan fingerprint density at radius 2 is 1.73 bits per heavy atom. The van der Waals surface area contributed by atoms with Crippen LogP contribution >= 0.6 is 0 Å². The Hall–Kier alpha value is -2.47. The minimum atomic E-state index is -0.989. The van der Waals surface area contributed by atoms with Gasteiger partial charge in [-0.2, -0.15) is 0 Å². The summed E-state index contributed by atoms with van der Waals surface area (Å²) in [5, 5.41) is 0. The van der Waals surface area contributed by atoms with E-state index in [4.69, 9.17) is 4.74 Å². The van der Waals surface area contributed by atoms with E-state index in [0.29, 0.717) is 13.1 Å². The molecule has 4 nitrogen and oxygen atoms in total. The number of ether oxygens (including phenoxy) is 1. The maximum absolute atomic E-state index is 13.3. The van der Waals surface area contributed by atoms with Crippen molar-refractivity contribution in [1.82, 2.24) is 9.80 Å². The zero-order valence-corrected chi connectivity index (χ0v) is 14.7. The van der Waals surface area contributed by atoms with Gasteiger partial charge in [0.05, 0.1) is 0 Å². The van der Waals surface area contributed by atoms with Crippen molar-refractivity contribution in [3.63, 3.8) is 0 Å². The van der Waals surface area contributed by atoms with Crippen LogP contribution in [0.2, 0.25) is 0 Å². The predicted octanol–water partition coefficient (Wildman–Crippen LogP) is 3.08. The summed E-state index contributed by atoms with van der Waals surface area (Å²) < 4.78 is 31.7.